The van der Waals surface area contributed by atoms with Crippen LogP contribution >= 0.6 is 0 Å². The minimum Gasteiger partial charge on any atom is -0.392 e. The van der Waals surface area contributed by atoms with E-state index >= 15 is 0 Å². The number of hydrogen-bond donors (Lipinski definition) is 4. The SMILES string of the molecule is Cc1ccc(S(=O)(=O)NC(Cc2ccccc2)C(=O)NCc2ccc(C3OC(CN4CCC(n5c(=O)[nH]c6ccccc65)CC4)C(c4ccccc4)C(c4ccc(CO)cc4)O3)cc2)cc1. The Morgan fingerprint density at radius 1 is 0.742 bits per heavy atom. The summed E-state index contributed by atoms with van der Waals surface area (Å²) in [6.45, 7) is 4.21. The van der Waals surface area contributed by atoms with Gasteiger partial charge in [0.2, 0.25) is 15.9 Å². The lowest BCUT2D eigenvalue weighted by Crippen LogP contribution is -2.47. The fraction of sp³-hybridized carbons (Fsp3) is 0.283. The van der Waals surface area contributed by atoms with Gasteiger partial charge < -0.3 is 29.8 Å². The molecule has 0 saturated carbocycles. The lowest BCUT2D eigenvalue weighted by atomic mass is 9.83. The van der Waals surface area contributed by atoms with Crippen LogP contribution in [0.1, 0.15) is 76.1 Å². The predicted molar refractivity (Wildman–Crippen MR) is 254 cm³/mol. The first-order valence-corrected chi connectivity index (χ1v) is 24.1. The van der Waals surface area contributed by atoms with Crippen LogP contribution in [0.15, 0.2) is 167 Å². The van der Waals surface area contributed by atoms with Gasteiger partial charge >= 0.3 is 5.69 Å². The number of benzene rings is 6. The molecule has 13 heteroatoms. The molecule has 5 unspecified atom stereocenters. The second-order valence-electron chi connectivity index (χ2n) is 17.4. The maximum atomic E-state index is 13.8. The molecule has 7 aromatic rings. The highest BCUT2D eigenvalue weighted by Gasteiger charge is 2.43. The summed E-state index contributed by atoms with van der Waals surface area (Å²) >= 11 is 0. The highest BCUT2D eigenvalue weighted by Crippen LogP contribution is 2.47. The molecule has 0 radical (unpaired) electrons. The van der Waals surface area contributed by atoms with E-state index in [1.54, 1.807) is 12.1 Å². The number of aliphatic hydroxyl groups is 1. The van der Waals surface area contributed by atoms with Crippen LogP contribution in [0.25, 0.3) is 11.0 Å². The Morgan fingerprint density at radius 2 is 1.38 bits per heavy atom. The summed E-state index contributed by atoms with van der Waals surface area (Å²) in [5.74, 6) is -0.613. The molecule has 66 heavy (non-hydrogen) atoms. The predicted octanol–water partition coefficient (Wildman–Crippen LogP) is 7.61. The van der Waals surface area contributed by atoms with Gasteiger partial charge in [-0.05, 0) is 78.3 Å². The van der Waals surface area contributed by atoms with Crippen LogP contribution in [0.4, 0.5) is 0 Å². The zero-order valence-electron chi connectivity index (χ0n) is 36.8. The molecule has 340 valence electrons. The van der Waals surface area contributed by atoms with Gasteiger partial charge in [-0.2, -0.15) is 4.72 Å². The number of fused-ring (bicyclic) bond motifs is 1. The lowest BCUT2D eigenvalue weighted by Gasteiger charge is -2.45. The molecule has 0 spiro atoms. The molecular formula is C53H55N5O7S. The second kappa shape index (κ2) is 20.1. The number of aryl methyl sites for hydroxylation is 1. The topological polar surface area (TPSA) is 155 Å². The molecule has 4 N–H and O–H groups in total. The van der Waals surface area contributed by atoms with Crippen LogP contribution < -0.4 is 15.7 Å². The summed E-state index contributed by atoms with van der Waals surface area (Å²) in [4.78, 5) is 32.4. The summed E-state index contributed by atoms with van der Waals surface area (Å²) in [5.41, 5.74) is 7.95. The van der Waals surface area contributed by atoms with Crippen molar-refractivity contribution < 1.29 is 27.8 Å². The van der Waals surface area contributed by atoms with Gasteiger partial charge in [0.05, 0.1) is 34.7 Å². The molecule has 1 amide bonds. The van der Waals surface area contributed by atoms with E-state index in [-0.39, 0.29) is 48.2 Å². The highest BCUT2D eigenvalue weighted by molar-refractivity contribution is 7.89. The van der Waals surface area contributed by atoms with Gasteiger partial charge in [0.25, 0.3) is 0 Å². The minimum absolute atomic E-state index is 0.0631. The molecule has 0 aliphatic carbocycles. The van der Waals surface area contributed by atoms with Crippen LogP contribution in [-0.2, 0) is 43.9 Å². The number of aliphatic hydroxyl groups excluding tert-OH is 1. The largest absolute Gasteiger partial charge is 0.392 e. The summed E-state index contributed by atoms with van der Waals surface area (Å²) < 4.78 is 45.5. The van der Waals surface area contributed by atoms with Gasteiger partial charge in [0, 0.05) is 43.7 Å². The summed E-state index contributed by atoms with van der Waals surface area (Å²) in [6.07, 6.45) is 0.403. The fourth-order valence-electron chi connectivity index (χ4n) is 9.33. The molecule has 0 bridgehead atoms. The minimum atomic E-state index is -3.99. The van der Waals surface area contributed by atoms with E-state index in [9.17, 15) is 23.1 Å². The smallest absolute Gasteiger partial charge is 0.326 e. The van der Waals surface area contributed by atoms with Gasteiger partial charge in [0.1, 0.15) is 6.04 Å². The molecule has 5 atom stereocenters. The van der Waals surface area contributed by atoms with E-state index in [2.05, 4.69) is 32.1 Å². The Hall–Kier alpha value is -6.19. The zero-order chi connectivity index (χ0) is 45.6. The molecule has 2 aliphatic heterocycles. The molecule has 3 heterocycles. The zero-order valence-corrected chi connectivity index (χ0v) is 37.6. The molecule has 6 aromatic carbocycles. The average molecular weight is 906 g/mol. The number of hydrogen-bond acceptors (Lipinski definition) is 8. The van der Waals surface area contributed by atoms with Gasteiger partial charge in [-0.1, -0.05) is 139 Å². The second-order valence-corrected chi connectivity index (χ2v) is 19.1. The number of para-hydroxylation sites is 2. The molecule has 2 aliphatic rings. The Bertz CT molecular complexity index is 2880. The van der Waals surface area contributed by atoms with Crippen molar-refractivity contribution in [1.82, 2.24) is 24.5 Å². The van der Waals surface area contributed by atoms with E-state index in [0.717, 1.165) is 75.9 Å². The molecule has 1 aromatic heterocycles. The van der Waals surface area contributed by atoms with E-state index in [1.807, 2.05) is 133 Å². The maximum Gasteiger partial charge on any atom is 0.326 e. The Balaban J connectivity index is 0.935. The number of carbonyl (C=O) groups excluding carboxylic acids is 1. The number of sulfonamides is 1. The van der Waals surface area contributed by atoms with Crippen molar-refractivity contribution in [2.75, 3.05) is 19.6 Å². The number of amides is 1. The van der Waals surface area contributed by atoms with Crippen molar-refractivity contribution in [3.8, 4) is 0 Å². The first-order valence-electron chi connectivity index (χ1n) is 22.6. The number of imidazole rings is 1. The first kappa shape index (κ1) is 45.0. The van der Waals surface area contributed by atoms with E-state index in [1.165, 1.54) is 12.1 Å². The number of H-pyrrole nitrogens is 1. The number of piperidine rings is 1. The van der Waals surface area contributed by atoms with Crippen molar-refractivity contribution in [3.63, 3.8) is 0 Å². The van der Waals surface area contributed by atoms with Gasteiger partial charge in [-0.3, -0.25) is 9.36 Å². The standard InChI is InChI=1S/C53H55N5O7S/c1-36-16-26-44(27-17-36)66(62,63)56-46(32-37-10-4-2-5-11-37)51(60)54-33-38-18-24-42(25-19-38)52-64-48(34-57-30-28-43(29-31-57)58-47-15-9-8-14-45(47)55-53(58)61)49(40-12-6-3-7-13-40)50(65-52)41-22-20-39(35-59)21-23-41/h2-27,43,46,48-50,52,56,59H,28-35H2,1H3,(H,54,60)(H,55,61). The summed E-state index contributed by atoms with van der Waals surface area (Å²) in [7, 11) is -3.99. The highest BCUT2D eigenvalue weighted by atomic mass is 32.2. The van der Waals surface area contributed by atoms with Crippen molar-refractivity contribution in [3.05, 3.63) is 207 Å². The van der Waals surface area contributed by atoms with Gasteiger partial charge in [0.15, 0.2) is 6.29 Å². The van der Waals surface area contributed by atoms with Gasteiger partial charge in [-0.25, -0.2) is 13.2 Å². The third-order valence-electron chi connectivity index (χ3n) is 12.9. The van der Waals surface area contributed by atoms with Crippen molar-refractivity contribution in [2.24, 2.45) is 0 Å². The monoisotopic (exact) mass is 905 g/mol. The Morgan fingerprint density at radius 3 is 2.08 bits per heavy atom. The number of rotatable bonds is 15. The third kappa shape index (κ3) is 10.3. The number of carbonyl (C=O) groups is 1. The van der Waals surface area contributed by atoms with Crippen LogP contribution in [-0.4, -0.2) is 65.7 Å². The number of likely N-dealkylation sites (tertiary alicyclic amines) is 1. The molecule has 12 nitrogen and oxygen atoms in total. The third-order valence-corrected chi connectivity index (χ3v) is 14.4. The fourth-order valence-corrected chi connectivity index (χ4v) is 10.5. The van der Waals surface area contributed by atoms with E-state index in [0.29, 0.717) is 6.54 Å². The Kier molecular flexibility index (Phi) is 13.7. The van der Waals surface area contributed by atoms with Crippen LogP contribution in [0.2, 0.25) is 0 Å². The number of nitrogens with one attached hydrogen (secondary N) is 3. The number of aromatic nitrogens is 2. The lowest BCUT2D eigenvalue weighted by molar-refractivity contribution is -0.264. The number of nitrogens with zero attached hydrogens (tertiary/aromatic N) is 2. The van der Waals surface area contributed by atoms with Crippen molar-refractivity contribution >= 4 is 27.0 Å². The van der Waals surface area contributed by atoms with Crippen molar-refractivity contribution in [1.29, 1.82) is 0 Å². The van der Waals surface area contributed by atoms with Crippen molar-refractivity contribution in [2.45, 2.75) is 80.7 Å². The molecular weight excluding hydrogens is 851 g/mol. The Labute approximate surface area is 385 Å². The van der Waals surface area contributed by atoms with Gasteiger partial charge in [-0.15, -0.1) is 0 Å². The quantitative estimate of drug-likeness (QED) is 0.0820. The summed E-state index contributed by atoms with van der Waals surface area (Å²) in [6, 6.07) is 48.7. The van der Waals surface area contributed by atoms with Crippen LogP contribution in [0, 0.1) is 6.92 Å². The normalized spacial score (nSPS) is 20.0. The van der Waals surface area contributed by atoms with E-state index < -0.39 is 34.4 Å². The molecule has 9 rings (SSSR count). The summed E-state index contributed by atoms with van der Waals surface area (Å²) in [5, 5.41) is 12.8. The molecule has 2 saturated heterocycles. The maximum absolute atomic E-state index is 13.8. The number of ether oxygens (including phenoxy) is 2. The average Bonchev–Trinajstić information content (AvgIpc) is 3.69. The first-order chi connectivity index (χ1) is 32.1. The van der Waals surface area contributed by atoms with Crippen LogP contribution in [0.5, 0.6) is 0 Å². The molecule has 2 fully saturated rings. The van der Waals surface area contributed by atoms with Crippen LogP contribution in [0.3, 0.4) is 0 Å². The number of aromatic amines is 1. The van der Waals surface area contributed by atoms with E-state index in [4.69, 9.17) is 9.47 Å².